The van der Waals surface area contributed by atoms with E-state index < -0.39 is 0 Å². The van der Waals surface area contributed by atoms with Crippen LogP contribution in [0, 0.1) is 5.82 Å². The number of pyridine rings is 1. The van der Waals surface area contributed by atoms with E-state index in [1.54, 1.807) is 55.1 Å². The molecule has 1 aromatic carbocycles. The van der Waals surface area contributed by atoms with Gasteiger partial charge in [-0.25, -0.2) is 14.4 Å². The van der Waals surface area contributed by atoms with Crippen LogP contribution in [0.5, 0.6) is 0 Å². The van der Waals surface area contributed by atoms with Gasteiger partial charge in [0, 0.05) is 69.2 Å². The number of aromatic nitrogens is 5. The third kappa shape index (κ3) is 4.44. The Morgan fingerprint density at radius 2 is 1.91 bits per heavy atom. The quantitative estimate of drug-likeness (QED) is 0.453. The second kappa shape index (κ2) is 9.51. The molecule has 0 N–H and O–H groups in total. The highest BCUT2D eigenvalue weighted by Crippen LogP contribution is 2.31. The van der Waals surface area contributed by atoms with Crippen molar-refractivity contribution < 1.29 is 9.18 Å². The van der Waals surface area contributed by atoms with Crippen LogP contribution in [0.2, 0.25) is 0 Å². The molecule has 1 atom stereocenters. The number of nitrogens with zero attached hydrogens (tertiary/aromatic N) is 6. The lowest BCUT2D eigenvalue weighted by Gasteiger charge is -2.33. The molecule has 172 valence electrons. The number of carbonyl (C=O) groups excluding carboxylic acids is 1. The molecule has 5 rings (SSSR count). The van der Waals surface area contributed by atoms with Gasteiger partial charge >= 0.3 is 0 Å². The number of benzene rings is 1. The van der Waals surface area contributed by atoms with Crippen molar-refractivity contribution >= 4 is 5.91 Å². The van der Waals surface area contributed by atoms with Gasteiger partial charge in [-0.05, 0) is 36.6 Å². The smallest absolute Gasteiger partial charge is 0.255 e. The molecule has 7 nitrogen and oxygen atoms in total. The Labute approximate surface area is 197 Å². The van der Waals surface area contributed by atoms with E-state index in [1.165, 1.54) is 6.07 Å². The first-order valence-corrected chi connectivity index (χ1v) is 11.4. The summed E-state index contributed by atoms with van der Waals surface area (Å²) in [6, 6.07) is 10.2. The largest absolute Gasteiger partial charge is 0.338 e. The normalized spacial score (nSPS) is 15.9. The van der Waals surface area contributed by atoms with E-state index in [-0.39, 0.29) is 17.6 Å². The van der Waals surface area contributed by atoms with Gasteiger partial charge in [0.1, 0.15) is 11.5 Å². The number of aryl methyl sites for hydroxylation is 1. The van der Waals surface area contributed by atoms with Gasteiger partial charge in [-0.1, -0.05) is 18.2 Å². The molecule has 0 spiro atoms. The van der Waals surface area contributed by atoms with Crippen LogP contribution in [0.25, 0.3) is 11.5 Å². The number of hydrogen-bond acceptors (Lipinski definition) is 5. The molecule has 1 saturated heterocycles. The third-order valence-corrected chi connectivity index (χ3v) is 6.26. The van der Waals surface area contributed by atoms with E-state index in [0.29, 0.717) is 30.6 Å². The molecule has 1 amide bonds. The van der Waals surface area contributed by atoms with Crippen LogP contribution in [-0.2, 0) is 13.5 Å². The summed E-state index contributed by atoms with van der Waals surface area (Å²) in [5.41, 5.74) is 3.46. The Kier molecular flexibility index (Phi) is 6.12. The summed E-state index contributed by atoms with van der Waals surface area (Å²) in [7, 11) is 1.93. The molecule has 1 aliphatic heterocycles. The molecule has 4 aromatic rings. The standard InChI is InChI=1S/C26H25FN6O/c1-32-14-12-30-25(32)24-23(28-10-11-29-24)20-6-4-13-33(17-20)26(34)19-8-9-21(31-16-19)15-18-5-2-3-7-22(18)27/h2-3,5,7-12,14,16,20H,4,6,13,15,17H2,1H3. The predicted molar refractivity (Wildman–Crippen MR) is 126 cm³/mol. The minimum absolute atomic E-state index is 0.0583. The number of piperidine rings is 1. The molecular formula is C26H25FN6O. The fraction of sp³-hybridized carbons (Fsp3) is 0.269. The lowest BCUT2D eigenvalue weighted by atomic mass is 9.92. The van der Waals surface area contributed by atoms with Gasteiger partial charge in [-0.2, -0.15) is 0 Å². The molecule has 0 radical (unpaired) electrons. The fourth-order valence-electron chi connectivity index (χ4n) is 4.47. The first kappa shape index (κ1) is 21.9. The van der Waals surface area contributed by atoms with Crippen molar-refractivity contribution in [3.8, 4) is 11.5 Å². The number of carbonyl (C=O) groups is 1. The number of imidazole rings is 1. The highest BCUT2D eigenvalue weighted by Gasteiger charge is 2.29. The predicted octanol–water partition coefficient (Wildman–Crippen LogP) is 4.02. The lowest BCUT2D eigenvalue weighted by Crippen LogP contribution is -2.39. The minimum atomic E-state index is -0.252. The van der Waals surface area contributed by atoms with Crippen LogP contribution < -0.4 is 0 Å². The van der Waals surface area contributed by atoms with Crippen LogP contribution in [0.15, 0.2) is 67.4 Å². The van der Waals surface area contributed by atoms with E-state index in [9.17, 15) is 9.18 Å². The fourth-order valence-corrected chi connectivity index (χ4v) is 4.47. The van der Waals surface area contributed by atoms with Crippen molar-refractivity contribution in [1.29, 1.82) is 0 Å². The zero-order valence-electron chi connectivity index (χ0n) is 18.9. The zero-order valence-corrected chi connectivity index (χ0v) is 18.9. The molecule has 1 unspecified atom stereocenters. The third-order valence-electron chi connectivity index (χ3n) is 6.26. The van der Waals surface area contributed by atoms with Crippen molar-refractivity contribution in [2.75, 3.05) is 13.1 Å². The molecule has 3 aromatic heterocycles. The number of halogens is 1. The first-order valence-electron chi connectivity index (χ1n) is 11.4. The summed E-state index contributed by atoms with van der Waals surface area (Å²) in [4.78, 5) is 33.1. The summed E-state index contributed by atoms with van der Waals surface area (Å²) >= 11 is 0. The second-order valence-electron chi connectivity index (χ2n) is 8.55. The summed E-state index contributed by atoms with van der Waals surface area (Å²) in [5.74, 6) is 0.530. The molecule has 0 aliphatic carbocycles. The molecular weight excluding hydrogens is 431 g/mol. The molecule has 34 heavy (non-hydrogen) atoms. The van der Waals surface area contributed by atoms with E-state index >= 15 is 0 Å². The van der Waals surface area contributed by atoms with Gasteiger partial charge in [-0.15, -0.1) is 0 Å². The maximum atomic E-state index is 13.9. The van der Waals surface area contributed by atoms with E-state index in [1.807, 2.05) is 22.7 Å². The second-order valence-corrected chi connectivity index (χ2v) is 8.55. The molecule has 1 fully saturated rings. The minimum Gasteiger partial charge on any atom is -0.338 e. The number of rotatable bonds is 5. The molecule has 8 heteroatoms. The average molecular weight is 457 g/mol. The maximum Gasteiger partial charge on any atom is 0.255 e. The van der Waals surface area contributed by atoms with E-state index in [4.69, 9.17) is 0 Å². The molecule has 0 saturated carbocycles. The summed E-state index contributed by atoms with van der Waals surface area (Å²) in [6.07, 6.45) is 10.8. The molecule has 1 aliphatic rings. The topological polar surface area (TPSA) is 76.8 Å². The Morgan fingerprint density at radius 1 is 1.06 bits per heavy atom. The van der Waals surface area contributed by atoms with Crippen molar-refractivity contribution in [1.82, 2.24) is 29.4 Å². The van der Waals surface area contributed by atoms with Crippen LogP contribution in [0.1, 0.15) is 46.1 Å². The Balaban J connectivity index is 1.32. The van der Waals surface area contributed by atoms with E-state index in [0.717, 1.165) is 35.7 Å². The number of hydrogen-bond donors (Lipinski definition) is 0. The van der Waals surface area contributed by atoms with Gasteiger partial charge in [0.15, 0.2) is 5.82 Å². The highest BCUT2D eigenvalue weighted by atomic mass is 19.1. The number of likely N-dealkylation sites (tertiary alicyclic amines) is 1. The Bertz CT molecular complexity index is 1300. The first-order chi connectivity index (χ1) is 16.6. The maximum absolute atomic E-state index is 13.9. The van der Waals surface area contributed by atoms with Crippen LogP contribution in [0.3, 0.4) is 0 Å². The monoisotopic (exact) mass is 456 g/mol. The van der Waals surface area contributed by atoms with Crippen molar-refractivity contribution in [2.24, 2.45) is 7.05 Å². The lowest BCUT2D eigenvalue weighted by molar-refractivity contribution is 0.0705. The van der Waals surface area contributed by atoms with Crippen LogP contribution >= 0.6 is 0 Å². The zero-order chi connectivity index (χ0) is 23.5. The van der Waals surface area contributed by atoms with E-state index in [2.05, 4.69) is 19.9 Å². The van der Waals surface area contributed by atoms with Crippen LogP contribution in [-0.4, -0.2) is 48.4 Å². The van der Waals surface area contributed by atoms with Gasteiger partial charge in [0.2, 0.25) is 0 Å². The van der Waals surface area contributed by atoms with Gasteiger partial charge in [0.25, 0.3) is 5.91 Å². The summed E-state index contributed by atoms with van der Waals surface area (Å²) in [5, 5.41) is 0. The summed E-state index contributed by atoms with van der Waals surface area (Å²) in [6.45, 7) is 1.25. The van der Waals surface area contributed by atoms with Crippen LogP contribution in [0.4, 0.5) is 4.39 Å². The van der Waals surface area contributed by atoms with Gasteiger partial charge < -0.3 is 9.47 Å². The van der Waals surface area contributed by atoms with Crippen molar-refractivity contribution in [3.05, 3.63) is 95.7 Å². The Hall–Kier alpha value is -3.94. The van der Waals surface area contributed by atoms with Gasteiger partial charge in [-0.3, -0.25) is 14.8 Å². The van der Waals surface area contributed by atoms with Crippen molar-refractivity contribution in [2.45, 2.75) is 25.2 Å². The molecule has 0 bridgehead atoms. The number of amides is 1. The molecule has 4 heterocycles. The highest BCUT2D eigenvalue weighted by molar-refractivity contribution is 5.94. The summed E-state index contributed by atoms with van der Waals surface area (Å²) < 4.78 is 15.9. The SMILES string of the molecule is Cn1ccnc1-c1nccnc1C1CCCN(C(=O)c2ccc(Cc3ccccc3F)nc2)C1. The van der Waals surface area contributed by atoms with Crippen molar-refractivity contribution in [3.63, 3.8) is 0 Å². The Morgan fingerprint density at radius 3 is 2.68 bits per heavy atom. The average Bonchev–Trinajstić information content (AvgIpc) is 3.31. The van der Waals surface area contributed by atoms with Gasteiger partial charge in [0.05, 0.1) is 11.3 Å².